The largest absolute Gasteiger partial charge is 0.491 e. The standard InChI is InChI=1S/C26H35N7O/c1-18(2)33-26(27-17-28-33)22-16-31-13-14-34-24-7-6-20(15-21(24)25(31)29-22)32-10-4-5-23(32)19-8-11-30(3)12-9-19/h6-7,15-19,23H,4-5,8-14H2,1-3H3/t23-/m1/s1. The van der Waals surface area contributed by atoms with Crippen LogP contribution >= 0.6 is 0 Å². The third-order valence-corrected chi connectivity index (χ3v) is 7.80. The minimum Gasteiger partial charge on any atom is -0.491 e. The number of anilines is 1. The van der Waals surface area contributed by atoms with Crippen LogP contribution in [0.4, 0.5) is 5.69 Å². The van der Waals surface area contributed by atoms with Gasteiger partial charge in [-0.15, -0.1) is 0 Å². The topological polar surface area (TPSA) is 64.2 Å². The zero-order chi connectivity index (χ0) is 23.2. The Hall–Kier alpha value is -2.87. The van der Waals surface area contributed by atoms with Crippen molar-refractivity contribution in [3.63, 3.8) is 0 Å². The van der Waals surface area contributed by atoms with Crippen molar-refractivity contribution in [3.05, 3.63) is 30.7 Å². The van der Waals surface area contributed by atoms with Crippen molar-refractivity contribution >= 4 is 5.69 Å². The summed E-state index contributed by atoms with van der Waals surface area (Å²) < 4.78 is 10.3. The summed E-state index contributed by atoms with van der Waals surface area (Å²) in [6, 6.07) is 7.58. The number of rotatable bonds is 4. The van der Waals surface area contributed by atoms with Gasteiger partial charge in [0.05, 0.1) is 12.1 Å². The summed E-state index contributed by atoms with van der Waals surface area (Å²) in [5, 5.41) is 4.41. The first-order valence-corrected chi connectivity index (χ1v) is 12.8. The molecule has 8 heteroatoms. The molecule has 0 N–H and O–H groups in total. The molecule has 180 valence electrons. The van der Waals surface area contributed by atoms with Gasteiger partial charge in [-0.25, -0.2) is 14.6 Å². The molecule has 3 aliphatic heterocycles. The molecule has 2 aromatic heterocycles. The molecule has 8 nitrogen and oxygen atoms in total. The summed E-state index contributed by atoms with van der Waals surface area (Å²) in [4.78, 5) is 14.7. The van der Waals surface area contributed by atoms with Gasteiger partial charge in [-0.1, -0.05) is 0 Å². The number of likely N-dealkylation sites (tertiary alicyclic amines) is 1. The van der Waals surface area contributed by atoms with Crippen LogP contribution in [0.25, 0.3) is 22.9 Å². The van der Waals surface area contributed by atoms with E-state index in [0.717, 1.165) is 47.7 Å². The summed E-state index contributed by atoms with van der Waals surface area (Å²) in [6.45, 7) is 9.20. The number of fused-ring (bicyclic) bond motifs is 3. The van der Waals surface area contributed by atoms with Gasteiger partial charge in [-0.3, -0.25) is 0 Å². The number of hydrogen-bond acceptors (Lipinski definition) is 6. The Morgan fingerprint density at radius 1 is 1.03 bits per heavy atom. The lowest BCUT2D eigenvalue weighted by Crippen LogP contribution is -2.41. The normalized spacial score (nSPS) is 21.4. The molecule has 0 unspecified atom stereocenters. The predicted octanol–water partition coefficient (Wildman–Crippen LogP) is 4.09. The molecule has 1 atom stereocenters. The molecule has 1 aromatic carbocycles. The summed E-state index contributed by atoms with van der Waals surface area (Å²) in [6.07, 6.45) is 8.89. The van der Waals surface area contributed by atoms with E-state index in [1.165, 1.54) is 44.5 Å². The number of hydrogen-bond donors (Lipinski definition) is 0. The number of nitrogens with zero attached hydrogens (tertiary/aromatic N) is 7. The van der Waals surface area contributed by atoms with Crippen molar-refractivity contribution in [2.24, 2.45) is 5.92 Å². The van der Waals surface area contributed by atoms with Crippen molar-refractivity contribution in [3.8, 4) is 28.7 Å². The second-order valence-corrected chi connectivity index (χ2v) is 10.3. The molecule has 2 fully saturated rings. The van der Waals surface area contributed by atoms with Crippen LogP contribution in [0.15, 0.2) is 30.7 Å². The maximum absolute atomic E-state index is 6.14. The fourth-order valence-electron chi connectivity index (χ4n) is 5.99. The Labute approximate surface area is 201 Å². The van der Waals surface area contributed by atoms with Crippen LogP contribution in [-0.4, -0.2) is 68.5 Å². The highest BCUT2D eigenvalue weighted by molar-refractivity contribution is 5.73. The summed E-state index contributed by atoms with van der Waals surface area (Å²) in [5.41, 5.74) is 3.24. The van der Waals surface area contributed by atoms with Gasteiger partial charge in [0.2, 0.25) is 0 Å². The third-order valence-electron chi connectivity index (χ3n) is 7.80. The van der Waals surface area contributed by atoms with Crippen molar-refractivity contribution in [2.75, 3.05) is 38.2 Å². The van der Waals surface area contributed by atoms with E-state index in [1.54, 1.807) is 6.33 Å². The van der Waals surface area contributed by atoms with Gasteiger partial charge in [0.25, 0.3) is 0 Å². The molecule has 0 aliphatic carbocycles. The van der Waals surface area contributed by atoms with Crippen molar-refractivity contribution in [2.45, 2.75) is 58.2 Å². The molecular weight excluding hydrogens is 426 g/mol. The van der Waals surface area contributed by atoms with E-state index in [0.29, 0.717) is 12.6 Å². The van der Waals surface area contributed by atoms with Gasteiger partial charge in [0.15, 0.2) is 5.82 Å². The SMILES string of the molecule is CC(C)n1ncnc1-c1cn2c(n1)-c1cc(N3CCC[C@@H]3C3CCN(C)CC3)ccc1OCC2. The minimum absolute atomic E-state index is 0.230. The van der Waals surface area contributed by atoms with Crippen LogP contribution < -0.4 is 9.64 Å². The molecule has 3 aromatic rings. The molecule has 2 saturated heterocycles. The van der Waals surface area contributed by atoms with Crippen LogP contribution in [0.5, 0.6) is 5.75 Å². The average Bonchev–Trinajstić information content (AvgIpc) is 3.58. The molecular formula is C26H35N7O. The molecule has 0 spiro atoms. The fraction of sp³-hybridized carbons (Fsp3) is 0.577. The van der Waals surface area contributed by atoms with E-state index in [9.17, 15) is 0 Å². The van der Waals surface area contributed by atoms with Gasteiger partial charge < -0.3 is 19.1 Å². The zero-order valence-corrected chi connectivity index (χ0v) is 20.5. The van der Waals surface area contributed by atoms with E-state index < -0.39 is 0 Å². The molecule has 0 radical (unpaired) electrons. The first kappa shape index (κ1) is 21.6. The highest BCUT2D eigenvalue weighted by atomic mass is 16.5. The molecule has 5 heterocycles. The number of imidazole rings is 1. The Kier molecular flexibility index (Phi) is 5.56. The van der Waals surface area contributed by atoms with Crippen LogP contribution in [0.1, 0.15) is 45.6 Å². The van der Waals surface area contributed by atoms with E-state index in [4.69, 9.17) is 9.72 Å². The van der Waals surface area contributed by atoms with Crippen LogP contribution in [0.2, 0.25) is 0 Å². The maximum atomic E-state index is 6.14. The van der Waals surface area contributed by atoms with Crippen molar-refractivity contribution in [1.82, 2.24) is 29.2 Å². The van der Waals surface area contributed by atoms with Gasteiger partial charge in [0.1, 0.15) is 30.2 Å². The average molecular weight is 462 g/mol. The number of benzene rings is 1. The Morgan fingerprint density at radius 3 is 2.71 bits per heavy atom. The lowest BCUT2D eigenvalue weighted by Gasteiger charge is -2.38. The Balaban J connectivity index is 1.35. The number of piperidine rings is 1. The monoisotopic (exact) mass is 461 g/mol. The molecule has 0 bridgehead atoms. The highest BCUT2D eigenvalue weighted by Crippen LogP contribution is 2.40. The molecule has 0 amide bonds. The van der Waals surface area contributed by atoms with Crippen LogP contribution in [-0.2, 0) is 6.54 Å². The smallest absolute Gasteiger partial charge is 0.178 e. The maximum Gasteiger partial charge on any atom is 0.178 e. The minimum atomic E-state index is 0.230. The molecule has 0 saturated carbocycles. The van der Waals surface area contributed by atoms with E-state index in [2.05, 4.69) is 69.7 Å². The Morgan fingerprint density at radius 2 is 1.88 bits per heavy atom. The zero-order valence-electron chi connectivity index (χ0n) is 20.5. The van der Waals surface area contributed by atoms with Gasteiger partial charge >= 0.3 is 0 Å². The second-order valence-electron chi connectivity index (χ2n) is 10.3. The summed E-state index contributed by atoms with van der Waals surface area (Å²) in [5.74, 6) is 3.47. The van der Waals surface area contributed by atoms with Gasteiger partial charge in [0, 0.05) is 30.5 Å². The lowest BCUT2D eigenvalue weighted by atomic mass is 9.88. The summed E-state index contributed by atoms with van der Waals surface area (Å²) in [7, 11) is 2.25. The molecule has 3 aliphatic rings. The fourth-order valence-corrected chi connectivity index (χ4v) is 5.99. The summed E-state index contributed by atoms with van der Waals surface area (Å²) >= 11 is 0. The Bertz CT molecular complexity index is 1160. The quantitative estimate of drug-likeness (QED) is 0.583. The predicted molar refractivity (Wildman–Crippen MR) is 133 cm³/mol. The molecule has 34 heavy (non-hydrogen) atoms. The lowest BCUT2D eigenvalue weighted by molar-refractivity contribution is 0.199. The first-order valence-electron chi connectivity index (χ1n) is 12.8. The van der Waals surface area contributed by atoms with E-state index >= 15 is 0 Å². The second kappa shape index (κ2) is 8.73. The van der Waals surface area contributed by atoms with E-state index in [-0.39, 0.29) is 6.04 Å². The highest BCUT2D eigenvalue weighted by Gasteiger charge is 2.34. The molecule has 6 rings (SSSR count). The van der Waals surface area contributed by atoms with Gasteiger partial charge in [-0.2, -0.15) is 5.10 Å². The van der Waals surface area contributed by atoms with Crippen LogP contribution in [0.3, 0.4) is 0 Å². The van der Waals surface area contributed by atoms with Gasteiger partial charge in [-0.05, 0) is 83.8 Å². The first-order chi connectivity index (χ1) is 16.6. The number of ether oxygens (including phenoxy) is 1. The van der Waals surface area contributed by atoms with Crippen molar-refractivity contribution in [1.29, 1.82) is 0 Å². The number of aromatic nitrogens is 5. The van der Waals surface area contributed by atoms with Crippen LogP contribution in [0, 0.1) is 5.92 Å². The van der Waals surface area contributed by atoms with Crippen molar-refractivity contribution < 1.29 is 4.74 Å². The van der Waals surface area contributed by atoms with E-state index in [1.807, 2.05) is 4.68 Å². The third kappa shape index (κ3) is 3.78.